The molecule has 1 nitrogen and oxygen atoms in total. The number of rotatable bonds is 3. The molecule has 2 heteroatoms. The normalized spacial score (nSPS) is 19.6. The van der Waals surface area contributed by atoms with E-state index in [0.29, 0.717) is 11.8 Å². The highest BCUT2D eigenvalue weighted by Gasteiger charge is 1.99. The molecule has 0 fully saturated rings. The van der Waals surface area contributed by atoms with Crippen LogP contribution in [0.1, 0.15) is 6.42 Å². The molecule has 1 atom stereocenters. The summed E-state index contributed by atoms with van der Waals surface area (Å²) in [5.41, 5.74) is 0.868. The number of hydrogen-bond acceptors (Lipinski definition) is 2. The van der Waals surface area contributed by atoms with Crippen LogP contribution in [0.3, 0.4) is 0 Å². The molecule has 0 spiro atoms. The van der Waals surface area contributed by atoms with E-state index in [0.717, 1.165) is 12.0 Å². The van der Waals surface area contributed by atoms with E-state index in [4.69, 9.17) is 0 Å². The Bertz CT molecular complexity index is 402. The molecule has 16 heavy (non-hydrogen) atoms. The van der Waals surface area contributed by atoms with Crippen LogP contribution in [-0.2, 0) is 0 Å². The van der Waals surface area contributed by atoms with Gasteiger partial charge < -0.3 is 0 Å². The van der Waals surface area contributed by atoms with Crippen molar-refractivity contribution in [1.82, 2.24) is 0 Å². The van der Waals surface area contributed by atoms with Crippen molar-refractivity contribution >= 4 is 18.8 Å². The third-order valence-electron chi connectivity index (χ3n) is 1.99. The van der Waals surface area contributed by atoms with Crippen molar-refractivity contribution in [3.63, 3.8) is 0 Å². The van der Waals surface area contributed by atoms with E-state index in [1.807, 2.05) is 18.2 Å². The lowest BCUT2D eigenvalue weighted by atomic mass is 10.0. The SMILES string of the molecule is C=C/C=C(C#CC1C=CC=CC1)\C=N/CS. The Morgan fingerprint density at radius 3 is 3.06 bits per heavy atom. The zero-order valence-electron chi connectivity index (χ0n) is 9.13. The highest BCUT2D eigenvalue weighted by atomic mass is 32.1. The minimum Gasteiger partial charge on any atom is -0.281 e. The van der Waals surface area contributed by atoms with Crippen LogP contribution in [0.4, 0.5) is 0 Å². The van der Waals surface area contributed by atoms with Crippen molar-refractivity contribution < 1.29 is 0 Å². The van der Waals surface area contributed by atoms with Crippen molar-refractivity contribution in [2.75, 3.05) is 5.88 Å². The maximum absolute atomic E-state index is 4.04. The van der Waals surface area contributed by atoms with Crippen LogP contribution < -0.4 is 0 Å². The van der Waals surface area contributed by atoms with Gasteiger partial charge in [0.05, 0.1) is 5.88 Å². The summed E-state index contributed by atoms with van der Waals surface area (Å²) in [6.07, 6.45) is 14.6. The smallest absolute Gasteiger partial charge is 0.0815 e. The molecule has 0 saturated heterocycles. The summed E-state index contributed by atoms with van der Waals surface area (Å²) in [6.45, 7) is 3.65. The van der Waals surface area contributed by atoms with Crippen LogP contribution in [0.15, 0.2) is 53.6 Å². The summed E-state index contributed by atoms with van der Waals surface area (Å²) < 4.78 is 0. The van der Waals surface area contributed by atoms with Gasteiger partial charge in [0.15, 0.2) is 0 Å². The van der Waals surface area contributed by atoms with Gasteiger partial charge in [0, 0.05) is 17.7 Å². The molecule has 1 aliphatic carbocycles. The van der Waals surface area contributed by atoms with E-state index in [1.54, 1.807) is 12.3 Å². The molecule has 0 amide bonds. The Balaban J connectivity index is 2.68. The first kappa shape index (κ1) is 12.6. The van der Waals surface area contributed by atoms with E-state index >= 15 is 0 Å². The van der Waals surface area contributed by atoms with Gasteiger partial charge in [-0.05, 0) is 12.5 Å². The fraction of sp³-hybridized carbons (Fsp3) is 0.214. The van der Waals surface area contributed by atoms with Gasteiger partial charge in [-0.1, -0.05) is 48.8 Å². The van der Waals surface area contributed by atoms with Gasteiger partial charge in [-0.15, -0.1) is 0 Å². The average molecular weight is 229 g/mol. The minimum absolute atomic E-state index is 0.308. The maximum atomic E-state index is 4.04. The standard InChI is InChI=1S/C14H15NS/c1-2-6-14(11-15-12-16)10-9-13-7-4-3-5-8-13/h2-7,11,13,16H,1,8,12H2/b14-6-,15-11-. The van der Waals surface area contributed by atoms with Gasteiger partial charge in [0.2, 0.25) is 0 Å². The second-order valence-corrected chi connectivity index (χ2v) is 3.52. The second kappa shape index (κ2) is 7.78. The predicted molar refractivity (Wildman–Crippen MR) is 74.8 cm³/mol. The van der Waals surface area contributed by atoms with Crippen LogP contribution in [0.2, 0.25) is 0 Å². The molecule has 1 rings (SSSR count). The first-order chi connectivity index (χ1) is 7.86. The molecule has 82 valence electrons. The molecule has 0 aromatic heterocycles. The third kappa shape index (κ3) is 4.86. The summed E-state index contributed by atoms with van der Waals surface area (Å²) in [5, 5.41) is 0. The number of nitrogens with zero attached hydrogens (tertiary/aromatic N) is 1. The summed E-state index contributed by atoms with van der Waals surface area (Å²) in [7, 11) is 0. The largest absolute Gasteiger partial charge is 0.281 e. The Labute approximate surface area is 103 Å². The van der Waals surface area contributed by atoms with Crippen LogP contribution >= 0.6 is 12.6 Å². The number of aliphatic imine (C=N–C) groups is 1. The first-order valence-electron chi connectivity index (χ1n) is 5.15. The van der Waals surface area contributed by atoms with Gasteiger partial charge in [0.25, 0.3) is 0 Å². The molecule has 1 aliphatic rings. The Kier molecular flexibility index (Phi) is 6.13. The van der Waals surface area contributed by atoms with Crippen LogP contribution in [0.25, 0.3) is 0 Å². The number of hydrogen-bond donors (Lipinski definition) is 1. The zero-order chi connectivity index (χ0) is 11.6. The number of allylic oxidation sites excluding steroid dienone is 7. The highest BCUT2D eigenvalue weighted by Crippen LogP contribution is 2.09. The van der Waals surface area contributed by atoms with Crippen molar-refractivity contribution in [1.29, 1.82) is 0 Å². The molecule has 0 aromatic carbocycles. The number of thiol groups is 1. The lowest BCUT2D eigenvalue weighted by molar-refractivity contribution is 0.852. The summed E-state index contributed by atoms with van der Waals surface area (Å²) in [6, 6.07) is 0. The first-order valence-corrected chi connectivity index (χ1v) is 5.78. The molecule has 0 bridgehead atoms. The van der Waals surface area contributed by atoms with Crippen LogP contribution in [-0.4, -0.2) is 12.1 Å². The van der Waals surface area contributed by atoms with Gasteiger partial charge in [0.1, 0.15) is 0 Å². The van der Waals surface area contributed by atoms with Crippen LogP contribution in [0.5, 0.6) is 0 Å². The molecular formula is C14H15NS. The summed E-state index contributed by atoms with van der Waals surface area (Å²) >= 11 is 4.01. The van der Waals surface area contributed by atoms with Gasteiger partial charge in [-0.2, -0.15) is 12.6 Å². The third-order valence-corrected chi connectivity index (χ3v) is 2.16. The lowest BCUT2D eigenvalue weighted by Gasteiger charge is -2.03. The van der Waals surface area contributed by atoms with E-state index in [2.05, 4.69) is 48.2 Å². The summed E-state index contributed by atoms with van der Waals surface area (Å²) in [5.74, 6) is 7.07. The van der Waals surface area contributed by atoms with E-state index in [9.17, 15) is 0 Å². The lowest BCUT2D eigenvalue weighted by Crippen LogP contribution is -1.93. The topological polar surface area (TPSA) is 12.4 Å². The maximum Gasteiger partial charge on any atom is 0.0815 e. The van der Waals surface area contributed by atoms with Gasteiger partial charge >= 0.3 is 0 Å². The molecule has 0 saturated carbocycles. The van der Waals surface area contributed by atoms with E-state index in [1.165, 1.54) is 0 Å². The van der Waals surface area contributed by atoms with Crippen molar-refractivity contribution in [3.8, 4) is 11.8 Å². The zero-order valence-corrected chi connectivity index (χ0v) is 10.0. The molecule has 0 N–H and O–H groups in total. The molecule has 0 heterocycles. The van der Waals surface area contributed by atoms with E-state index in [-0.39, 0.29) is 0 Å². The fourth-order valence-electron chi connectivity index (χ4n) is 1.25. The molecular weight excluding hydrogens is 214 g/mol. The molecule has 0 aliphatic heterocycles. The van der Waals surface area contributed by atoms with E-state index < -0.39 is 0 Å². The minimum atomic E-state index is 0.308. The van der Waals surface area contributed by atoms with Crippen LogP contribution in [0, 0.1) is 17.8 Å². The average Bonchev–Trinajstić information content (AvgIpc) is 2.34. The molecule has 0 radical (unpaired) electrons. The molecule has 1 unspecified atom stereocenters. The van der Waals surface area contributed by atoms with Crippen molar-refractivity contribution in [3.05, 3.63) is 48.6 Å². The van der Waals surface area contributed by atoms with Crippen molar-refractivity contribution in [2.45, 2.75) is 6.42 Å². The second-order valence-electron chi connectivity index (χ2n) is 3.24. The fourth-order valence-corrected chi connectivity index (χ4v) is 1.33. The Morgan fingerprint density at radius 2 is 2.44 bits per heavy atom. The quantitative estimate of drug-likeness (QED) is 0.330. The highest BCUT2D eigenvalue weighted by molar-refractivity contribution is 7.80. The Morgan fingerprint density at radius 1 is 1.56 bits per heavy atom. The van der Waals surface area contributed by atoms with Gasteiger partial charge in [-0.25, -0.2) is 0 Å². The predicted octanol–water partition coefficient (Wildman–Crippen LogP) is 3.19. The van der Waals surface area contributed by atoms with Crippen molar-refractivity contribution in [2.24, 2.45) is 10.9 Å². The monoisotopic (exact) mass is 229 g/mol. The summed E-state index contributed by atoms with van der Waals surface area (Å²) in [4.78, 5) is 4.04. The molecule has 0 aromatic rings. The Hall–Kier alpha value is -1.46. The van der Waals surface area contributed by atoms with Gasteiger partial charge in [-0.3, -0.25) is 4.99 Å².